The van der Waals surface area contributed by atoms with Gasteiger partial charge in [0.2, 0.25) is 5.89 Å². The Labute approximate surface area is 120 Å². The number of aromatic nitrogens is 2. The van der Waals surface area contributed by atoms with Crippen LogP contribution in [0.15, 0.2) is 28.7 Å². The Morgan fingerprint density at radius 2 is 1.60 bits per heavy atom. The maximum atomic E-state index is 5.64. The van der Waals surface area contributed by atoms with Crippen LogP contribution >= 0.6 is 0 Å². The fraction of sp³-hybridized carbons (Fsp3) is 0.467. The minimum atomic E-state index is 0.557. The van der Waals surface area contributed by atoms with Crippen molar-refractivity contribution in [2.24, 2.45) is 0 Å². The molecule has 0 unspecified atom stereocenters. The second kappa shape index (κ2) is 6.52. The molecule has 0 aliphatic rings. The van der Waals surface area contributed by atoms with Gasteiger partial charge in [0.1, 0.15) is 0 Å². The Kier molecular flexibility index (Phi) is 4.74. The molecule has 1 aromatic carbocycles. The van der Waals surface area contributed by atoms with Gasteiger partial charge in [-0.1, -0.05) is 36.3 Å². The van der Waals surface area contributed by atoms with Gasteiger partial charge in [0.25, 0.3) is 0 Å². The van der Waals surface area contributed by atoms with E-state index in [1.807, 2.05) is 30.9 Å². The average molecular weight is 274 g/mol. The minimum absolute atomic E-state index is 0.557. The summed E-state index contributed by atoms with van der Waals surface area (Å²) in [7, 11) is 5.91. The average Bonchev–Trinajstić information content (AvgIpc) is 2.87. The van der Waals surface area contributed by atoms with E-state index < -0.39 is 0 Å². The topological polar surface area (TPSA) is 45.4 Å². The Hall–Kier alpha value is -1.88. The third-order valence-corrected chi connectivity index (χ3v) is 3.09. The summed E-state index contributed by atoms with van der Waals surface area (Å²) in [5.74, 6) is 0.637. The first-order chi connectivity index (χ1) is 9.58. The molecule has 0 radical (unpaired) electrons. The first-order valence-electron chi connectivity index (χ1n) is 6.84. The number of rotatable bonds is 6. The third-order valence-electron chi connectivity index (χ3n) is 3.09. The molecule has 2 aromatic rings. The molecule has 0 fully saturated rings. The predicted molar refractivity (Wildman–Crippen MR) is 79.6 cm³/mol. The van der Waals surface area contributed by atoms with Gasteiger partial charge in [0.05, 0.1) is 6.54 Å². The van der Waals surface area contributed by atoms with Gasteiger partial charge < -0.3 is 14.2 Å². The number of aryl methyl sites for hydroxylation is 1. The van der Waals surface area contributed by atoms with E-state index in [0.29, 0.717) is 18.5 Å². The van der Waals surface area contributed by atoms with Gasteiger partial charge in [0.15, 0.2) is 0 Å². The van der Waals surface area contributed by atoms with Gasteiger partial charge in [-0.2, -0.15) is 0 Å². The first-order valence-corrected chi connectivity index (χ1v) is 6.84. The van der Waals surface area contributed by atoms with E-state index in [1.54, 1.807) is 0 Å². The summed E-state index contributed by atoms with van der Waals surface area (Å²) in [6, 6.07) is 9.17. The molecule has 0 amide bonds. The van der Waals surface area contributed by atoms with Crippen molar-refractivity contribution < 1.29 is 4.42 Å². The standard InChI is InChI=1S/C15H22N4O/c1-5-12-6-8-13(9-7-12)10-19(4)15-17-16-14(20-15)11-18(2)3/h6-9H,5,10-11H2,1-4H3. The van der Waals surface area contributed by atoms with Gasteiger partial charge in [-0.3, -0.25) is 0 Å². The Balaban J connectivity index is 1.99. The molecular formula is C15H22N4O. The monoisotopic (exact) mass is 274 g/mol. The van der Waals surface area contributed by atoms with E-state index in [9.17, 15) is 0 Å². The second-order valence-electron chi connectivity index (χ2n) is 5.24. The lowest BCUT2D eigenvalue weighted by molar-refractivity contribution is 0.342. The molecule has 5 nitrogen and oxygen atoms in total. The van der Waals surface area contributed by atoms with Gasteiger partial charge in [0, 0.05) is 13.6 Å². The molecule has 0 aliphatic carbocycles. The van der Waals surface area contributed by atoms with Crippen LogP contribution in [0.1, 0.15) is 23.9 Å². The van der Waals surface area contributed by atoms with E-state index in [0.717, 1.165) is 13.0 Å². The largest absolute Gasteiger partial charge is 0.407 e. The van der Waals surface area contributed by atoms with Crippen LogP contribution in [0.5, 0.6) is 0 Å². The van der Waals surface area contributed by atoms with E-state index in [2.05, 4.69) is 41.4 Å². The van der Waals surface area contributed by atoms with E-state index in [-0.39, 0.29) is 0 Å². The zero-order valence-corrected chi connectivity index (χ0v) is 12.6. The molecule has 108 valence electrons. The van der Waals surface area contributed by atoms with E-state index in [1.165, 1.54) is 11.1 Å². The quantitative estimate of drug-likeness (QED) is 0.809. The molecule has 0 atom stereocenters. The molecule has 0 N–H and O–H groups in total. The van der Waals surface area contributed by atoms with Gasteiger partial charge >= 0.3 is 6.01 Å². The van der Waals surface area contributed by atoms with Crippen LogP contribution in [0.2, 0.25) is 0 Å². The highest BCUT2D eigenvalue weighted by atomic mass is 16.4. The van der Waals surface area contributed by atoms with Crippen LogP contribution in [0.3, 0.4) is 0 Å². The minimum Gasteiger partial charge on any atom is -0.407 e. The summed E-state index contributed by atoms with van der Waals surface area (Å²) in [6.45, 7) is 3.57. The molecule has 20 heavy (non-hydrogen) atoms. The number of nitrogens with zero attached hydrogens (tertiary/aromatic N) is 4. The number of benzene rings is 1. The molecular weight excluding hydrogens is 252 g/mol. The maximum absolute atomic E-state index is 5.64. The summed E-state index contributed by atoms with van der Waals surface area (Å²) in [5, 5.41) is 8.13. The van der Waals surface area contributed by atoms with Crippen molar-refractivity contribution in [1.29, 1.82) is 0 Å². The highest BCUT2D eigenvalue weighted by Crippen LogP contribution is 2.15. The van der Waals surface area contributed by atoms with Crippen LogP contribution in [-0.4, -0.2) is 36.2 Å². The highest BCUT2D eigenvalue weighted by Gasteiger charge is 2.11. The van der Waals surface area contributed by atoms with Crippen molar-refractivity contribution in [2.45, 2.75) is 26.4 Å². The summed E-state index contributed by atoms with van der Waals surface area (Å²) in [4.78, 5) is 3.97. The van der Waals surface area contributed by atoms with Crippen molar-refractivity contribution in [3.8, 4) is 0 Å². The number of anilines is 1. The highest BCUT2D eigenvalue weighted by molar-refractivity contribution is 5.29. The third kappa shape index (κ3) is 3.81. The van der Waals surface area contributed by atoms with Crippen molar-refractivity contribution in [2.75, 3.05) is 26.0 Å². The fourth-order valence-corrected chi connectivity index (χ4v) is 1.96. The second-order valence-corrected chi connectivity index (χ2v) is 5.24. The SMILES string of the molecule is CCc1ccc(CN(C)c2nnc(CN(C)C)o2)cc1. The van der Waals surface area contributed by atoms with Crippen LogP contribution < -0.4 is 4.90 Å². The Morgan fingerprint density at radius 3 is 2.20 bits per heavy atom. The van der Waals surface area contributed by atoms with Gasteiger partial charge in [-0.05, 0) is 31.6 Å². The van der Waals surface area contributed by atoms with Gasteiger partial charge in [-0.15, -0.1) is 5.10 Å². The summed E-state index contributed by atoms with van der Waals surface area (Å²) in [6.07, 6.45) is 1.06. The van der Waals surface area contributed by atoms with Crippen molar-refractivity contribution in [3.63, 3.8) is 0 Å². The number of hydrogen-bond acceptors (Lipinski definition) is 5. The van der Waals surface area contributed by atoms with Crippen molar-refractivity contribution in [3.05, 3.63) is 41.3 Å². The van der Waals surface area contributed by atoms with Crippen LogP contribution in [0.25, 0.3) is 0 Å². The summed E-state index contributed by atoms with van der Waals surface area (Å²) in [5.41, 5.74) is 2.58. The smallest absolute Gasteiger partial charge is 0.318 e. The lowest BCUT2D eigenvalue weighted by Gasteiger charge is -2.14. The van der Waals surface area contributed by atoms with Gasteiger partial charge in [-0.25, -0.2) is 0 Å². The molecule has 0 spiro atoms. The molecule has 0 saturated heterocycles. The zero-order valence-electron chi connectivity index (χ0n) is 12.6. The normalized spacial score (nSPS) is 11.1. The first kappa shape index (κ1) is 14.5. The molecule has 1 heterocycles. The molecule has 0 aliphatic heterocycles. The van der Waals surface area contributed by atoms with Crippen LogP contribution in [0.4, 0.5) is 6.01 Å². The van der Waals surface area contributed by atoms with Crippen LogP contribution in [-0.2, 0) is 19.5 Å². The summed E-state index contributed by atoms with van der Waals surface area (Å²) < 4.78 is 5.64. The molecule has 5 heteroatoms. The zero-order chi connectivity index (χ0) is 14.5. The lowest BCUT2D eigenvalue weighted by atomic mass is 10.1. The lowest BCUT2D eigenvalue weighted by Crippen LogP contribution is -2.16. The van der Waals surface area contributed by atoms with E-state index in [4.69, 9.17) is 4.42 Å². The molecule has 0 bridgehead atoms. The Bertz CT molecular complexity index is 533. The Morgan fingerprint density at radius 1 is 0.950 bits per heavy atom. The molecule has 1 aromatic heterocycles. The maximum Gasteiger partial charge on any atom is 0.318 e. The fourth-order valence-electron chi connectivity index (χ4n) is 1.96. The molecule has 0 saturated carbocycles. The van der Waals surface area contributed by atoms with E-state index >= 15 is 0 Å². The van der Waals surface area contributed by atoms with Crippen molar-refractivity contribution in [1.82, 2.24) is 15.1 Å². The van der Waals surface area contributed by atoms with Crippen molar-refractivity contribution >= 4 is 6.01 Å². The number of hydrogen-bond donors (Lipinski definition) is 0. The molecule has 2 rings (SSSR count). The van der Waals surface area contributed by atoms with Crippen LogP contribution in [0, 0.1) is 0 Å². The predicted octanol–water partition coefficient (Wildman–Crippen LogP) is 2.33. The summed E-state index contributed by atoms with van der Waals surface area (Å²) >= 11 is 0.